The lowest BCUT2D eigenvalue weighted by Crippen LogP contribution is -2.45. The highest BCUT2D eigenvalue weighted by Crippen LogP contribution is 2.38. The van der Waals surface area contributed by atoms with Crippen molar-refractivity contribution in [2.24, 2.45) is 0 Å². The lowest BCUT2D eigenvalue weighted by Gasteiger charge is -2.29. The van der Waals surface area contributed by atoms with Crippen LogP contribution in [0.5, 0.6) is 0 Å². The number of hydrogen-bond donors (Lipinski definition) is 2. The van der Waals surface area contributed by atoms with Crippen LogP contribution in [0.1, 0.15) is 296 Å². The monoisotopic (exact) mass is 1030 g/mol. The van der Waals surface area contributed by atoms with E-state index in [1.807, 2.05) is 27.2 Å². The molecule has 0 rings (SSSR count). The molecule has 0 aromatic carbocycles. The first kappa shape index (κ1) is 70.5. The van der Waals surface area contributed by atoms with Gasteiger partial charge in [0, 0.05) is 6.42 Å². The summed E-state index contributed by atoms with van der Waals surface area (Å²) in [4.78, 5) is 25.5. The maximum atomic E-state index is 13.0. The van der Waals surface area contributed by atoms with Gasteiger partial charge >= 0.3 is 0 Å². The number of unbranched alkanes of at least 4 members (excludes halogenated alkanes) is 38. The number of phosphoric acid groups is 1. The number of carbonyl (C=O) groups is 1. The van der Waals surface area contributed by atoms with Crippen molar-refractivity contribution in [3.63, 3.8) is 0 Å². The van der Waals surface area contributed by atoms with Crippen LogP contribution < -0.4 is 10.2 Å². The van der Waals surface area contributed by atoms with Gasteiger partial charge in [-0.1, -0.05) is 268 Å². The highest BCUT2D eigenvalue weighted by Gasteiger charge is 2.23. The summed E-state index contributed by atoms with van der Waals surface area (Å²) in [6.45, 7) is 4.65. The highest BCUT2D eigenvalue weighted by atomic mass is 31.2. The number of aliphatic hydroxyl groups excluding tert-OH is 1. The van der Waals surface area contributed by atoms with Crippen molar-refractivity contribution in [1.29, 1.82) is 0 Å². The van der Waals surface area contributed by atoms with Crippen LogP contribution in [0, 0.1) is 0 Å². The summed E-state index contributed by atoms with van der Waals surface area (Å²) >= 11 is 0. The SMILES string of the molecule is CCCCCCCCCC/C=C\CCCCCCCCCCCCCCCCCCCC(=O)NC(COP(=O)([O-])OCC[N+](C)(C)C)C(O)/C=C/CC/C=C/CC/C=C/CCCCCCCCCCCCC. The van der Waals surface area contributed by atoms with Crippen molar-refractivity contribution in [2.75, 3.05) is 40.9 Å². The molecule has 0 saturated carbocycles. The molecule has 3 atom stereocenters. The first-order valence-electron chi connectivity index (χ1n) is 31.0. The van der Waals surface area contributed by atoms with Gasteiger partial charge in [-0.25, -0.2) is 0 Å². The maximum absolute atomic E-state index is 13.0. The Labute approximate surface area is 448 Å². The number of allylic oxidation sites excluding steroid dienone is 7. The second-order valence-corrected chi connectivity index (χ2v) is 23.8. The van der Waals surface area contributed by atoms with Gasteiger partial charge in [0.15, 0.2) is 0 Å². The average molecular weight is 1030 g/mol. The number of rotatable bonds is 57. The number of likely N-dealkylation sites (N-methyl/N-ethyl adjacent to an activating group) is 1. The number of carbonyl (C=O) groups excluding carboxylic acids is 1. The number of nitrogens with zero attached hydrogens (tertiary/aromatic N) is 1. The Morgan fingerprint density at radius 3 is 1.12 bits per heavy atom. The fourth-order valence-electron chi connectivity index (χ4n) is 9.12. The normalized spacial score (nSPS) is 14.2. The molecule has 424 valence electrons. The minimum absolute atomic E-state index is 0.00850. The molecule has 0 saturated heterocycles. The molecule has 0 aliphatic rings. The summed E-state index contributed by atoms with van der Waals surface area (Å²) in [7, 11) is 1.24. The minimum atomic E-state index is -4.61. The average Bonchev–Trinajstić information content (AvgIpc) is 3.34. The van der Waals surface area contributed by atoms with Crippen LogP contribution in [0.15, 0.2) is 48.6 Å². The Morgan fingerprint density at radius 2 is 0.778 bits per heavy atom. The molecule has 0 heterocycles. The molecule has 0 bridgehead atoms. The maximum Gasteiger partial charge on any atom is 0.268 e. The predicted octanol–water partition coefficient (Wildman–Crippen LogP) is 18.5. The molecule has 3 unspecified atom stereocenters. The molecule has 2 N–H and O–H groups in total. The van der Waals surface area contributed by atoms with Gasteiger partial charge in [-0.05, 0) is 70.6 Å². The summed E-state index contributed by atoms with van der Waals surface area (Å²) in [6, 6.07) is -0.910. The topological polar surface area (TPSA) is 108 Å². The van der Waals surface area contributed by atoms with Crippen molar-refractivity contribution < 1.29 is 32.9 Å². The Kier molecular flexibility index (Phi) is 53.1. The predicted molar refractivity (Wildman–Crippen MR) is 311 cm³/mol. The van der Waals surface area contributed by atoms with Crippen LogP contribution in [0.4, 0.5) is 0 Å². The standard InChI is InChI=1S/C63H121N2O6P/c1-6-8-10-12-14-16-18-20-22-24-26-28-29-30-31-32-33-34-35-37-39-41-43-45-47-49-51-53-55-57-63(67)64-61(60-71-72(68,69)70-59-58-65(3,4)5)62(66)56-54-52-50-48-46-44-42-40-38-36-27-25-23-21-19-17-15-13-11-9-7-2/h24,26,38,40,46,48,54,56,61-62,66H,6-23,25,27-37,39,41-45,47,49-53,55,57-60H2,1-5H3,(H-,64,67,68,69)/b26-24-,40-38+,48-46+,56-54+. The number of aliphatic hydroxyl groups is 1. The zero-order valence-electron chi connectivity index (χ0n) is 48.4. The lowest BCUT2D eigenvalue weighted by atomic mass is 10.0. The Balaban J connectivity index is 4.17. The zero-order chi connectivity index (χ0) is 52.7. The molecule has 9 heteroatoms. The molecule has 0 spiro atoms. The zero-order valence-corrected chi connectivity index (χ0v) is 49.3. The fraction of sp³-hybridized carbons (Fsp3) is 0.857. The second-order valence-electron chi connectivity index (χ2n) is 22.4. The van der Waals surface area contributed by atoms with E-state index in [0.29, 0.717) is 17.4 Å². The van der Waals surface area contributed by atoms with Crippen LogP contribution in [-0.2, 0) is 18.4 Å². The highest BCUT2D eigenvalue weighted by molar-refractivity contribution is 7.45. The van der Waals surface area contributed by atoms with Crippen molar-refractivity contribution in [3.8, 4) is 0 Å². The second kappa shape index (κ2) is 54.3. The van der Waals surface area contributed by atoms with E-state index in [2.05, 4.69) is 55.6 Å². The van der Waals surface area contributed by atoms with Gasteiger partial charge in [0.25, 0.3) is 7.82 Å². The smallest absolute Gasteiger partial charge is 0.268 e. The molecule has 0 fully saturated rings. The fourth-order valence-corrected chi connectivity index (χ4v) is 9.85. The van der Waals surface area contributed by atoms with E-state index < -0.39 is 26.6 Å². The molecule has 0 aromatic heterocycles. The number of nitrogens with one attached hydrogen (secondary N) is 1. The van der Waals surface area contributed by atoms with E-state index in [4.69, 9.17) is 9.05 Å². The van der Waals surface area contributed by atoms with E-state index >= 15 is 0 Å². The number of hydrogen-bond acceptors (Lipinski definition) is 6. The third-order valence-corrected chi connectivity index (χ3v) is 15.0. The first-order valence-corrected chi connectivity index (χ1v) is 32.5. The molecular formula is C63H121N2O6P. The van der Waals surface area contributed by atoms with Gasteiger partial charge in [-0.3, -0.25) is 9.36 Å². The van der Waals surface area contributed by atoms with Crippen LogP contribution in [-0.4, -0.2) is 68.5 Å². The minimum Gasteiger partial charge on any atom is -0.756 e. The first-order chi connectivity index (χ1) is 35.0. The van der Waals surface area contributed by atoms with Gasteiger partial charge in [0.05, 0.1) is 39.9 Å². The third-order valence-electron chi connectivity index (χ3n) is 14.0. The Morgan fingerprint density at radius 1 is 0.472 bits per heavy atom. The van der Waals surface area contributed by atoms with Crippen LogP contribution in [0.2, 0.25) is 0 Å². The van der Waals surface area contributed by atoms with Gasteiger partial charge < -0.3 is 28.8 Å². The molecule has 72 heavy (non-hydrogen) atoms. The number of amides is 1. The van der Waals surface area contributed by atoms with Gasteiger partial charge in [-0.2, -0.15) is 0 Å². The lowest BCUT2D eigenvalue weighted by molar-refractivity contribution is -0.870. The summed E-state index contributed by atoms with van der Waals surface area (Å²) in [5.41, 5.74) is 0. The quantitative estimate of drug-likeness (QED) is 0.0272. The summed E-state index contributed by atoms with van der Waals surface area (Å²) in [5.74, 6) is -0.207. The van der Waals surface area contributed by atoms with Crippen LogP contribution in [0.25, 0.3) is 0 Å². The molecule has 0 aliphatic heterocycles. The van der Waals surface area contributed by atoms with Crippen molar-refractivity contribution in [2.45, 2.75) is 309 Å². The van der Waals surface area contributed by atoms with Gasteiger partial charge in [-0.15, -0.1) is 0 Å². The third kappa shape index (κ3) is 56.2. The number of quaternary nitrogens is 1. The van der Waals surface area contributed by atoms with Crippen LogP contribution in [0.3, 0.4) is 0 Å². The van der Waals surface area contributed by atoms with E-state index in [0.717, 1.165) is 44.9 Å². The van der Waals surface area contributed by atoms with E-state index in [1.165, 1.54) is 231 Å². The van der Waals surface area contributed by atoms with Crippen molar-refractivity contribution in [3.05, 3.63) is 48.6 Å². The van der Waals surface area contributed by atoms with E-state index in [1.54, 1.807) is 6.08 Å². The van der Waals surface area contributed by atoms with E-state index in [-0.39, 0.29) is 12.5 Å². The summed E-state index contributed by atoms with van der Waals surface area (Å²) in [6.07, 6.45) is 72.1. The molecule has 8 nitrogen and oxygen atoms in total. The van der Waals surface area contributed by atoms with Crippen molar-refractivity contribution >= 4 is 13.7 Å². The summed E-state index contributed by atoms with van der Waals surface area (Å²) < 4.78 is 23.4. The Bertz CT molecular complexity index is 1310. The summed E-state index contributed by atoms with van der Waals surface area (Å²) in [5, 5.41) is 13.9. The molecule has 0 aliphatic carbocycles. The molecule has 1 amide bonds. The molecule has 0 radical (unpaired) electrons. The van der Waals surface area contributed by atoms with Gasteiger partial charge in [0.2, 0.25) is 5.91 Å². The van der Waals surface area contributed by atoms with Crippen molar-refractivity contribution in [1.82, 2.24) is 5.32 Å². The van der Waals surface area contributed by atoms with E-state index in [9.17, 15) is 19.4 Å². The van der Waals surface area contributed by atoms with Crippen LogP contribution >= 0.6 is 7.82 Å². The molecular weight excluding hydrogens is 912 g/mol. The van der Waals surface area contributed by atoms with Gasteiger partial charge in [0.1, 0.15) is 13.2 Å². The number of phosphoric ester groups is 1. The Hall–Kier alpha value is -1.54. The largest absolute Gasteiger partial charge is 0.756 e. The molecule has 0 aromatic rings.